The fraction of sp³-hybridized carbons (Fsp3) is 0.550. The standard InChI is InChI=1S/C20H28N2O6S/c1-14-5-3-4-6-18(14)22-19(24)13-28-20(25)11-12-21-29(26,27)17-9-7-16(8-10-17)15(2)23/h7-10,14,18,21H,3-6,11-13H2,1-2H3,(H,22,24)/t14-,18-/m1/s1. The van der Waals surface area contributed by atoms with Crippen LogP contribution in [0.3, 0.4) is 0 Å². The molecule has 9 heteroatoms. The Morgan fingerprint density at radius 1 is 1.10 bits per heavy atom. The van der Waals surface area contributed by atoms with Crippen LogP contribution in [-0.2, 0) is 24.3 Å². The molecule has 0 spiro atoms. The first kappa shape index (κ1) is 23.0. The van der Waals surface area contributed by atoms with Crippen molar-refractivity contribution in [1.82, 2.24) is 10.0 Å². The molecule has 0 heterocycles. The molecule has 1 aromatic rings. The molecule has 1 amide bonds. The van der Waals surface area contributed by atoms with Crippen molar-refractivity contribution in [2.75, 3.05) is 13.2 Å². The van der Waals surface area contributed by atoms with Gasteiger partial charge in [0.05, 0.1) is 11.3 Å². The minimum Gasteiger partial charge on any atom is -0.456 e. The van der Waals surface area contributed by atoms with Crippen LogP contribution in [0, 0.1) is 5.92 Å². The first-order valence-electron chi connectivity index (χ1n) is 9.74. The van der Waals surface area contributed by atoms with Gasteiger partial charge in [0.15, 0.2) is 12.4 Å². The normalized spacial score (nSPS) is 19.4. The third-order valence-electron chi connectivity index (χ3n) is 5.01. The van der Waals surface area contributed by atoms with Gasteiger partial charge in [0.2, 0.25) is 10.0 Å². The van der Waals surface area contributed by atoms with E-state index in [0.717, 1.165) is 19.3 Å². The minimum atomic E-state index is -3.80. The fourth-order valence-corrected chi connectivity index (χ4v) is 4.27. The van der Waals surface area contributed by atoms with Gasteiger partial charge in [-0.3, -0.25) is 14.4 Å². The summed E-state index contributed by atoms with van der Waals surface area (Å²) in [6.45, 7) is 2.96. The van der Waals surface area contributed by atoms with Gasteiger partial charge in [-0.25, -0.2) is 13.1 Å². The third-order valence-corrected chi connectivity index (χ3v) is 6.49. The van der Waals surface area contributed by atoms with Gasteiger partial charge in [0.25, 0.3) is 5.91 Å². The minimum absolute atomic E-state index is 0.00292. The number of nitrogens with one attached hydrogen (secondary N) is 2. The van der Waals surface area contributed by atoms with E-state index in [2.05, 4.69) is 17.0 Å². The molecular weight excluding hydrogens is 396 g/mol. The average molecular weight is 425 g/mol. The predicted octanol–water partition coefficient (Wildman–Crippen LogP) is 1.80. The molecule has 1 fully saturated rings. The summed E-state index contributed by atoms with van der Waals surface area (Å²) in [5.74, 6) is -0.760. The zero-order valence-corrected chi connectivity index (χ0v) is 17.6. The molecule has 160 valence electrons. The van der Waals surface area contributed by atoms with E-state index in [-0.39, 0.29) is 42.2 Å². The van der Waals surface area contributed by atoms with Crippen molar-refractivity contribution in [2.24, 2.45) is 5.92 Å². The van der Waals surface area contributed by atoms with Crippen LogP contribution in [0.2, 0.25) is 0 Å². The van der Waals surface area contributed by atoms with E-state index < -0.39 is 16.0 Å². The molecule has 29 heavy (non-hydrogen) atoms. The lowest BCUT2D eigenvalue weighted by Gasteiger charge is -2.29. The molecule has 1 aliphatic carbocycles. The number of hydrogen-bond donors (Lipinski definition) is 2. The number of sulfonamides is 1. The molecule has 0 aliphatic heterocycles. The summed E-state index contributed by atoms with van der Waals surface area (Å²) in [6.07, 6.45) is 4.04. The van der Waals surface area contributed by atoms with Crippen molar-refractivity contribution in [1.29, 1.82) is 0 Å². The molecule has 1 aliphatic rings. The van der Waals surface area contributed by atoms with Crippen LogP contribution in [0.15, 0.2) is 29.2 Å². The number of carbonyl (C=O) groups excluding carboxylic acids is 3. The van der Waals surface area contributed by atoms with Crippen molar-refractivity contribution in [3.05, 3.63) is 29.8 Å². The van der Waals surface area contributed by atoms with E-state index >= 15 is 0 Å². The number of ketones is 1. The summed E-state index contributed by atoms with van der Waals surface area (Å²) in [4.78, 5) is 34.9. The SMILES string of the molecule is CC(=O)c1ccc(S(=O)(=O)NCCC(=O)OCC(=O)N[C@@H]2CCCC[C@H]2C)cc1. The van der Waals surface area contributed by atoms with Gasteiger partial charge in [-0.1, -0.05) is 31.9 Å². The van der Waals surface area contributed by atoms with Crippen LogP contribution < -0.4 is 10.0 Å². The second-order valence-corrected chi connectivity index (χ2v) is 9.09. The molecule has 0 radical (unpaired) electrons. The van der Waals surface area contributed by atoms with E-state index in [1.54, 1.807) is 0 Å². The van der Waals surface area contributed by atoms with Gasteiger partial charge in [-0.2, -0.15) is 0 Å². The molecule has 2 atom stereocenters. The Labute approximate surface area is 171 Å². The highest BCUT2D eigenvalue weighted by Gasteiger charge is 2.23. The largest absolute Gasteiger partial charge is 0.456 e. The highest BCUT2D eigenvalue weighted by atomic mass is 32.2. The molecular formula is C20H28N2O6S. The monoisotopic (exact) mass is 424 g/mol. The Morgan fingerprint density at radius 2 is 1.76 bits per heavy atom. The van der Waals surface area contributed by atoms with Crippen LogP contribution in [0.5, 0.6) is 0 Å². The Balaban J connectivity index is 1.71. The quantitative estimate of drug-likeness (QED) is 0.461. The van der Waals surface area contributed by atoms with Gasteiger partial charge in [-0.05, 0) is 37.8 Å². The van der Waals surface area contributed by atoms with Crippen molar-refractivity contribution >= 4 is 27.7 Å². The molecule has 0 bridgehead atoms. The van der Waals surface area contributed by atoms with Crippen molar-refractivity contribution in [2.45, 2.75) is 56.9 Å². The van der Waals surface area contributed by atoms with Gasteiger partial charge in [0.1, 0.15) is 0 Å². The summed E-state index contributed by atoms with van der Waals surface area (Å²) >= 11 is 0. The average Bonchev–Trinajstić information content (AvgIpc) is 2.68. The Bertz CT molecular complexity index is 835. The van der Waals surface area contributed by atoms with E-state index in [1.807, 2.05) is 0 Å². The predicted molar refractivity (Wildman–Crippen MR) is 107 cm³/mol. The van der Waals surface area contributed by atoms with Crippen LogP contribution in [0.25, 0.3) is 0 Å². The summed E-state index contributed by atoms with van der Waals surface area (Å²) in [6, 6.07) is 5.62. The van der Waals surface area contributed by atoms with E-state index in [4.69, 9.17) is 4.74 Å². The second kappa shape index (κ2) is 10.5. The number of ether oxygens (including phenoxy) is 1. The summed E-state index contributed by atoms with van der Waals surface area (Å²) in [5, 5.41) is 2.89. The fourth-order valence-electron chi connectivity index (χ4n) is 3.24. The van der Waals surface area contributed by atoms with Gasteiger partial charge >= 0.3 is 5.97 Å². The highest BCUT2D eigenvalue weighted by Crippen LogP contribution is 2.23. The molecule has 2 rings (SSSR count). The van der Waals surface area contributed by atoms with Crippen molar-refractivity contribution in [3.63, 3.8) is 0 Å². The molecule has 2 N–H and O–H groups in total. The first-order valence-corrected chi connectivity index (χ1v) is 11.2. The molecule has 0 aromatic heterocycles. The lowest BCUT2D eigenvalue weighted by atomic mass is 9.86. The van der Waals surface area contributed by atoms with Gasteiger partial charge in [-0.15, -0.1) is 0 Å². The smallest absolute Gasteiger partial charge is 0.307 e. The first-order chi connectivity index (χ1) is 13.7. The Hall–Kier alpha value is -2.26. The number of amides is 1. The Kier molecular flexibility index (Phi) is 8.33. The van der Waals surface area contributed by atoms with Crippen LogP contribution in [-0.4, -0.2) is 45.3 Å². The summed E-state index contributed by atoms with van der Waals surface area (Å²) < 4.78 is 31.6. The van der Waals surface area contributed by atoms with Gasteiger partial charge in [0, 0.05) is 18.2 Å². The van der Waals surface area contributed by atoms with Crippen LogP contribution in [0.4, 0.5) is 0 Å². The maximum absolute atomic E-state index is 12.2. The van der Waals surface area contributed by atoms with Crippen molar-refractivity contribution in [3.8, 4) is 0 Å². The number of hydrogen-bond acceptors (Lipinski definition) is 6. The number of carbonyl (C=O) groups is 3. The lowest BCUT2D eigenvalue weighted by Crippen LogP contribution is -2.43. The highest BCUT2D eigenvalue weighted by molar-refractivity contribution is 7.89. The number of benzene rings is 1. The summed E-state index contributed by atoms with van der Waals surface area (Å²) in [7, 11) is -3.80. The topological polar surface area (TPSA) is 119 Å². The third kappa shape index (κ3) is 7.25. The van der Waals surface area contributed by atoms with Gasteiger partial charge < -0.3 is 10.1 Å². The molecule has 1 saturated carbocycles. The molecule has 0 unspecified atom stereocenters. The zero-order valence-electron chi connectivity index (χ0n) is 16.8. The molecule has 1 aromatic carbocycles. The zero-order chi connectivity index (χ0) is 21.4. The lowest BCUT2D eigenvalue weighted by molar-refractivity contribution is -0.148. The molecule has 8 nitrogen and oxygen atoms in total. The maximum Gasteiger partial charge on any atom is 0.307 e. The second-order valence-electron chi connectivity index (χ2n) is 7.32. The number of Topliss-reactive ketones (excluding diaryl/α,β-unsaturated/α-hetero) is 1. The van der Waals surface area contributed by atoms with E-state index in [1.165, 1.54) is 37.6 Å². The maximum atomic E-state index is 12.2. The van der Waals surface area contributed by atoms with Crippen molar-refractivity contribution < 1.29 is 27.5 Å². The van der Waals surface area contributed by atoms with E-state index in [0.29, 0.717) is 11.5 Å². The number of esters is 1. The van der Waals surface area contributed by atoms with Crippen LogP contribution in [0.1, 0.15) is 56.3 Å². The number of rotatable bonds is 9. The van der Waals surface area contributed by atoms with E-state index in [9.17, 15) is 22.8 Å². The molecule has 0 saturated heterocycles. The Morgan fingerprint density at radius 3 is 2.38 bits per heavy atom. The summed E-state index contributed by atoms with van der Waals surface area (Å²) in [5.41, 5.74) is 0.411. The van der Waals surface area contributed by atoms with Crippen LogP contribution >= 0.6 is 0 Å².